The highest BCUT2D eigenvalue weighted by atomic mass is 35.5. The summed E-state index contributed by atoms with van der Waals surface area (Å²) in [6, 6.07) is 26.8. The molecule has 184 valence electrons. The summed E-state index contributed by atoms with van der Waals surface area (Å²) in [5.74, 6) is 0.824. The molecule has 1 N–H and O–H groups in total. The van der Waals surface area contributed by atoms with Gasteiger partial charge in [0.1, 0.15) is 6.04 Å². The van der Waals surface area contributed by atoms with Crippen LogP contribution in [0.15, 0.2) is 84.9 Å². The number of hydrogen-bond donors (Lipinski definition) is 1. The maximum Gasteiger partial charge on any atom is 0.243 e. The summed E-state index contributed by atoms with van der Waals surface area (Å²) in [4.78, 5) is 28.8. The Morgan fingerprint density at radius 2 is 1.49 bits per heavy atom. The molecule has 0 radical (unpaired) electrons. The number of amides is 2. The monoisotopic (exact) mass is 508 g/mol. The summed E-state index contributed by atoms with van der Waals surface area (Å²) in [7, 11) is 0. The second kappa shape index (κ2) is 14.0. The average molecular weight is 509 g/mol. The Hall–Kier alpha value is -2.76. The van der Waals surface area contributed by atoms with E-state index in [1.165, 1.54) is 0 Å². The molecule has 3 aromatic rings. The zero-order valence-electron chi connectivity index (χ0n) is 20.3. The van der Waals surface area contributed by atoms with Crippen molar-refractivity contribution in [2.24, 2.45) is 0 Å². The van der Waals surface area contributed by atoms with Gasteiger partial charge in [0, 0.05) is 29.8 Å². The van der Waals surface area contributed by atoms with Crippen LogP contribution in [0.25, 0.3) is 0 Å². The lowest BCUT2D eigenvalue weighted by Crippen LogP contribution is -2.52. The van der Waals surface area contributed by atoms with E-state index in [9.17, 15) is 9.59 Å². The quantitative estimate of drug-likeness (QED) is 0.320. The van der Waals surface area contributed by atoms with Gasteiger partial charge in [0.05, 0.1) is 5.75 Å². The number of benzene rings is 3. The topological polar surface area (TPSA) is 49.4 Å². The van der Waals surface area contributed by atoms with E-state index in [-0.39, 0.29) is 23.6 Å². The number of hydrogen-bond acceptors (Lipinski definition) is 3. The van der Waals surface area contributed by atoms with Crippen LogP contribution in [0.2, 0.25) is 5.02 Å². The van der Waals surface area contributed by atoms with Crippen LogP contribution in [-0.4, -0.2) is 34.6 Å². The Labute approximate surface area is 218 Å². The van der Waals surface area contributed by atoms with Crippen molar-refractivity contribution in [1.29, 1.82) is 0 Å². The van der Waals surface area contributed by atoms with Crippen LogP contribution in [0.3, 0.4) is 0 Å². The molecule has 35 heavy (non-hydrogen) atoms. The van der Waals surface area contributed by atoms with Crippen molar-refractivity contribution in [1.82, 2.24) is 10.2 Å². The molecule has 0 aromatic heterocycles. The van der Waals surface area contributed by atoms with Crippen molar-refractivity contribution in [2.75, 3.05) is 5.75 Å². The van der Waals surface area contributed by atoms with Crippen LogP contribution < -0.4 is 5.32 Å². The minimum Gasteiger partial charge on any atom is -0.352 e. The van der Waals surface area contributed by atoms with Crippen LogP contribution in [0.5, 0.6) is 0 Å². The fourth-order valence-corrected chi connectivity index (χ4v) is 4.69. The van der Waals surface area contributed by atoms with Crippen LogP contribution in [0, 0.1) is 0 Å². The van der Waals surface area contributed by atoms with Crippen molar-refractivity contribution in [3.05, 3.63) is 107 Å². The molecule has 0 saturated carbocycles. The Kier molecular flexibility index (Phi) is 10.7. The summed E-state index contributed by atoms with van der Waals surface area (Å²) < 4.78 is 0. The van der Waals surface area contributed by atoms with E-state index in [1.807, 2.05) is 98.8 Å². The highest BCUT2D eigenvalue weighted by molar-refractivity contribution is 7.99. The molecule has 0 aliphatic heterocycles. The molecule has 0 aliphatic carbocycles. The van der Waals surface area contributed by atoms with Crippen LogP contribution >= 0.6 is 23.4 Å². The van der Waals surface area contributed by atoms with Crippen molar-refractivity contribution in [2.45, 2.75) is 51.1 Å². The summed E-state index contributed by atoms with van der Waals surface area (Å²) in [6.07, 6.45) is 1.29. The molecule has 0 spiro atoms. The normalized spacial score (nSPS) is 12.5. The third kappa shape index (κ3) is 8.75. The predicted molar refractivity (Wildman–Crippen MR) is 146 cm³/mol. The predicted octanol–water partition coefficient (Wildman–Crippen LogP) is 6.13. The van der Waals surface area contributed by atoms with Gasteiger partial charge in [0.2, 0.25) is 11.8 Å². The lowest BCUT2D eigenvalue weighted by Gasteiger charge is -2.32. The lowest BCUT2D eigenvalue weighted by molar-refractivity contribution is -0.139. The van der Waals surface area contributed by atoms with Gasteiger partial charge in [-0.15, -0.1) is 11.8 Å². The summed E-state index contributed by atoms with van der Waals surface area (Å²) in [6.45, 7) is 4.41. The van der Waals surface area contributed by atoms with Gasteiger partial charge >= 0.3 is 0 Å². The maximum absolute atomic E-state index is 13.6. The number of rotatable bonds is 12. The van der Waals surface area contributed by atoms with Gasteiger partial charge in [-0.3, -0.25) is 9.59 Å². The van der Waals surface area contributed by atoms with Gasteiger partial charge in [0.15, 0.2) is 0 Å². The second-order valence-electron chi connectivity index (χ2n) is 8.65. The first-order valence-electron chi connectivity index (χ1n) is 12.0. The molecule has 0 saturated heterocycles. The first-order valence-corrected chi connectivity index (χ1v) is 13.5. The van der Waals surface area contributed by atoms with E-state index in [2.05, 4.69) is 5.32 Å². The zero-order chi connectivity index (χ0) is 25.0. The summed E-state index contributed by atoms with van der Waals surface area (Å²) >= 11 is 7.53. The molecule has 3 rings (SSSR count). The van der Waals surface area contributed by atoms with Gasteiger partial charge in [-0.25, -0.2) is 0 Å². The van der Waals surface area contributed by atoms with E-state index in [1.54, 1.807) is 16.7 Å². The van der Waals surface area contributed by atoms with E-state index < -0.39 is 6.04 Å². The number of carbonyl (C=O) groups is 2. The Balaban J connectivity index is 1.82. The van der Waals surface area contributed by atoms with Crippen molar-refractivity contribution in [3.63, 3.8) is 0 Å². The summed E-state index contributed by atoms with van der Waals surface area (Å²) in [5, 5.41) is 3.80. The van der Waals surface area contributed by atoms with Gasteiger partial charge < -0.3 is 10.2 Å². The molecule has 3 aromatic carbocycles. The Morgan fingerprint density at radius 3 is 2.09 bits per heavy atom. The molecular weight excluding hydrogens is 476 g/mol. The minimum atomic E-state index is -0.602. The fraction of sp³-hybridized carbons (Fsp3) is 0.310. The number of halogens is 1. The van der Waals surface area contributed by atoms with Crippen molar-refractivity contribution < 1.29 is 9.59 Å². The number of nitrogens with zero attached hydrogens (tertiary/aromatic N) is 1. The smallest absolute Gasteiger partial charge is 0.243 e. The SMILES string of the molecule is CC[C@@H](C)NC(=O)[C@@H](Cc1ccccc1)N(Cc1ccccc1)C(=O)CSCc1ccc(Cl)cc1. The third-order valence-corrected chi connectivity index (χ3v) is 7.12. The molecule has 2 amide bonds. The Bertz CT molecular complexity index is 1060. The highest BCUT2D eigenvalue weighted by Crippen LogP contribution is 2.19. The number of thioether (sulfide) groups is 1. The maximum atomic E-state index is 13.6. The molecular formula is C29H33ClN2O2S. The van der Waals surface area contributed by atoms with Gasteiger partial charge in [-0.2, -0.15) is 0 Å². The lowest BCUT2D eigenvalue weighted by atomic mass is 10.0. The van der Waals surface area contributed by atoms with Crippen molar-refractivity contribution >= 4 is 35.2 Å². The molecule has 0 unspecified atom stereocenters. The van der Waals surface area contributed by atoms with Crippen LogP contribution in [0.1, 0.15) is 37.0 Å². The van der Waals surface area contributed by atoms with Gasteiger partial charge in [-0.1, -0.05) is 91.3 Å². The minimum absolute atomic E-state index is 0.0359. The molecule has 6 heteroatoms. The molecule has 0 fully saturated rings. The van der Waals surface area contributed by atoms with E-state index >= 15 is 0 Å². The molecule has 2 atom stereocenters. The van der Waals surface area contributed by atoms with E-state index in [4.69, 9.17) is 11.6 Å². The highest BCUT2D eigenvalue weighted by Gasteiger charge is 2.30. The van der Waals surface area contributed by atoms with Crippen LogP contribution in [0.4, 0.5) is 0 Å². The first-order chi connectivity index (χ1) is 17.0. The van der Waals surface area contributed by atoms with E-state index in [0.29, 0.717) is 23.7 Å². The Morgan fingerprint density at radius 1 is 0.886 bits per heavy atom. The molecule has 4 nitrogen and oxygen atoms in total. The molecule has 0 aliphatic rings. The fourth-order valence-electron chi connectivity index (χ4n) is 3.69. The zero-order valence-corrected chi connectivity index (χ0v) is 21.9. The number of carbonyl (C=O) groups excluding carboxylic acids is 2. The third-order valence-electron chi connectivity index (χ3n) is 5.88. The standard InChI is InChI=1S/C29H33ClN2O2S/c1-3-22(2)31-29(34)27(18-23-10-6-4-7-11-23)32(19-24-12-8-5-9-13-24)28(33)21-35-20-25-14-16-26(30)17-15-25/h4-17,22,27H,3,18-21H2,1-2H3,(H,31,34)/t22-,27-/m1/s1. The molecule has 0 bridgehead atoms. The van der Waals surface area contributed by atoms with Crippen molar-refractivity contribution in [3.8, 4) is 0 Å². The summed E-state index contributed by atoms with van der Waals surface area (Å²) in [5.41, 5.74) is 3.13. The van der Waals surface area contributed by atoms with E-state index in [0.717, 1.165) is 23.1 Å². The molecule has 0 heterocycles. The largest absolute Gasteiger partial charge is 0.352 e. The van der Waals surface area contributed by atoms with Crippen LogP contribution in [-0.2, 0) is 28.3 Å². The van der Waals surface area contributed by atoms with Gasteiger partial charge in [0.25, 0.3) is 0 Å². The van der Waals surface area contributed by atoms with Gasteiger partial charge in [-0.05, 0) is 42.2 Å². The first kappa shape index (κ1) is 26.8. The number of nitrogens with one attached hydrogen (secondary N) is 1. The second-order valence-corrected chi connectivity index (χ2v) is 10.1. The average Bonchev–Trinajstić information content (AvgIpc) is 2.88.